The first-order valence-corrected chi connectivity index (χ1v) is 9.50. The molecule has 0 atom stereocenters. The molecular formula is C19H24N6O4. The molecule has 0 radical (unpaired) electrons. The Labute approximate surface area is 167 Å². The lowest BCUT2D eigenvalue weighted by Crippen LogP contribution is -2.46. The Kier molecular flexibility index (Phi) is 6.55. The number of pyridine rings is 2. The molecular weight excluding hydrogens is 376 g/mol. The monoisotopic (exact) mass is 400 g/mol. The van der Waals surface area contributed by atoms with Gasteiger partial charge in [-0.1, -0.05) is 13.0 Å². The first-order valence-electron chi connectivity index (χ1n) is 9.50. The van der Waals surface area contributed by atoms with Crippen molar-refractivity contribution >= 4 is 17.4 Å². The van der Waals surface area contributed by atoms with Crippen molar-refractivity contribution in [3.63, 3.8) is 0 Å². The number of nitrogens with one attached hydrogen (secondary N) is 1. The second-order valence-electron chi connectivity index (χ2n) is 6.83. The van der Waals surface area contributed by atoms with Gasteiger partial charge in [0.15, 0.2) is 0 Å². The van der Waals surface area contributed by atoms with Crippen LogP contribution in [0.3, 0.4) is 0 Å². The fourth-order valence-corrected chi connectivity index (χ4v) is 3.16. The predicted molar refractivity (Wildman–Crippen MR) is 108 cm³/mol. The van der Waals surface area contributed by atoms with Crippen molar-refractivity contribution < 1.29 is 9.72 Å². The van der Waals surface area contributed by atoms with Crippen LogP contribution < -0.4 is 15.8 Å². The van der Waals surface area contributed by atoms with Crippen LogP contribution in [0, 0.1) is 10.1 Å². The van der Waals surface area contributed by atoms with Crippen molar-refractivity contribution in [3.8, 4) is 0 Å². The normalized spacial score (nSPS) is 14.6. The summed E-state index contributed by atoms with van der Waals surface area (Å²) in [6, 6.07) is 6.04. The van der Waals surface area contributed by atoms with E-state index >= 15 is 0 Å². The molecule has 3 heterocycles. The maximum Gasteiger partial charge on any atom is 0.285 e. The summed E-state index contributed by atoms with van der Waals surface area (Å²) in [5, 5.41) is 13.5. The Morgan fingerprint density at radius 3 is 2.59 bits per heavy atom. The zero-order chi connectivity index (χ0) is 20.8. The summed E-state index contributed by atoms with van der Waals surface area (Å²) in [4.78, 5) is 43.2. The number of nitro groups is 1. The van der Waals surface area contributed by atoms with E-state index in [2.05, 4.69) is 27.0 Å². The topological polar surface area (TPSA) is 114 Å². The van der Waals surface area contributed by atoms with E-state index < -0.39 is 16.4 Å². The van der Waals surface area contributed by atoms with Crippen molar-refractivity contribution in [3.05, 3.63) is 62.7 Å². The van der Waals surface area contributed by atoms with E-state index in [0.717, 1.165) is 67.0 Å². The number of hydrogen-bond donors (Lipinski definition) is 1. The van der Waals surface area contributed by atoms with Gasteiger partial charge in [0.2, 0.25) is 5.91 Å². The zero-order valence-electron chi connectivity index (χ0n) is 16.3. The van der Waals surface area contributed by atoms with Crippen LogP contribution >= 0.6 is 0 Å². The highest BCUT2D eigenvalue weighted by atomic mass is 16.6. The zero-order valence-corrected chi connectivity index (χ0v) is 16.3. The molecule has 0 saturated carbocycles. The smallest absolute Gasteiger partial charge is 0.285 e. The molecule has 1 aliphatic heterocycles. The molecule has 1 N–H and O–H groups in total. The van der Waals surface area contributed by atoms with Crippen LogP contribution in [0.5, 0.6) is 0 Å². The minimum atomic E-state index is -0.608. The molecule has 10 heteroatoms. The van der Waals surface area contributed by atoms with Crippen LogP contribution in [0.1, 0.15) is 12.5 Å². The molecule has 1 amide bonds. The summed E-state index contributed by atoms with van der Waals surface area (Å²) in [5.41, 5.74) is 0.123. The number of amides is 1. The van der Waals surface area contributed by atoms with Gasteiger partial charge in [-0.3, -0.25) is 24.3 Å². The molecule has 0 bridgehead atoms. The lowest BCUT2D eigenvalue weighted by Gasteiger charge is -2.34. The average Bonchev–Trinajstić information content (AvgIpc) is 2.74. The minimum absolute atomic E-state index is 0.239. The van der Waals surface area contributed by atoms with E-state index in [1.807, 2.05) is 12.1 Å². The van der Waals surface area contributed by atoms with Gasteiger partial charge in [0.25, 0.3) is 11.2 Å². The van der Waals surface area contributed by atoms with Gasteiger partial charge in [0.05, 0.1) is 11.1 Å². The van der Waals surface area contributed by atoms with E-state index in [4.69, 9.17) is 0 Å². The fourth-order valence-electron chi connectivity index (χ4n) is 3.16. The third-order valence-electron chi connectivity index (χ3n) is 4.93. The summed E-state index contributed by atoms with van der Waals surface area (Å²) in [7, 11) is 0. The minimum Gasteiger partial charge on any atom is -0.354 e. The van der Waals surface area contributed by atoms with Crippen molar-refractivity contribution in [2.24, 2.45) is 0 Å². The number of carbonyl (C=O) groups is 1. The van der Waals surface area contributed by atoms with E-state index in [0.29, 0.717) is 0 Å². The second kappa shape index (κ2) is 9.28. The molecule has 0 aliphatic carbocycles. The number of likely N-dealkylation sites (N-methyl/N-ethyl adjacent to an activating group) is 1. The van der Waals surface area contributed by atoms with E-state index in [1.54, 1.807) is 6.20 Å². The Bertz CT molecular complexity index is 919. The van der Waals surface area contributed by atoms with Crippen LogP contribution in [0.25, 0.3) is 0 Å². The lowest BCUT2D eigenvalue weighted by molar-refractivity contribution is -0.385. The van der Waals surface area contributed by atoms with Crippen LogP contribution in [0.4, 0.5) is 11.5 Å². The van der Waals surface area contributed by atoms with Gasteiger partial charge in [-0.25, -0.2) is 4.98 Å². The quantitative estimate of drug-likeness (QED) is 0.535. The van der Waals surface area contributed by atoms with Crippen LogP contribution in [-0.4, -0.2) is 58.0 Å². The summed E-state index contributed by atoms with van der Waals surface area (Å²) in [6.45, 7) is 7.12. The van der Waals surface area contributed by atoms with Crippen LogP contribution in [0.15, 0.2) is 41.5 Å². The molecule has 2 aromatic heterocycles. The standard InChI is InChI=1S/C19H24N6O4/c1-2-22-7-9-23(10-8-22)17-5-3-15(11-20-17)12-21-18(26)14-24-13-16(25(28)29)4-6-19(24)27/h3-6,11,13H,2,7-10,12,14H2,1H3,(H,21,26). The van der Waals surface area contributed by atoms with Gasteiger partial charge in [-0.2, -0.15) is 0 Å². The number of carbonyl (C=O) groups excluding carboxylic acids is 1. The molecule has 1 aliphatic rings. The molecule has 0 unspecified atom stereocenters. The molecule has 154 valence electrons. The average molecular weight is 400 g/mol. The number of hydrogen-bond acceptors (Lipinski definition) is 7. The first-order chi connectivity index (χ1) is 14.0. The summed E-state index contributed by atoms with van der Waals surface area (Å²) in [5.74, 6) is 0.506. The Morgan fingerprint density at radius 2 is 1.97 bits per heavy atom. The maximum absolute atomic E-state index is 12.1. The van der Waals surface area contributed by atoms with Gasteiger partial charge in [-0.15, -0.1) is 0 Å². The maximum atomic E-state index is 12.1. The Balaban J connectivity index is 1.52. The van der Waals surface area contributed by atoms with Gasteiger partial charge < -0.3 is 15.1 Å². The molecule has 10 nitrogen and oxygen atoms in total. The number of nitrogens with zero attached hydrogens (tertiary/aromatic N) is 5. The fraction of sp³-hybridized carbons (Fsp3) is 0.421. The lowest BCUT2D eigenvalue weighted by atomic mass is 10.2. The van der Waals surface area contributed by atoms with Gasteiger partial charge in [0, 0.05) is 51.1 Å². The summed E-state index contributed by atoms with van der Waals surface area (Å²) in [6.07, 6.45) is 2.79. The highest BCUT2D eigenvalue weighted by Crippen LogP contribution is 2.14. The summed E-state index contributed by atoms with van der Waals surface area (Å²) < 4.78 is 1.02. The molecule has 2 aromatic rings. The van der Waals surface area contributed by atoms with Crippen molar-refractivity contribution in [1.82, 2.24) is 19.8 Å². The first kappa shape index (κ1) is 20.5. The summed E-state index contributed by atoms with van der Waals surface area (Å²) >= 11 is 0. The molecule has 3 rings (SSSR count). The number of aromatic nitrogens is 2. The molecule has 1 fully saturated rings. The van der Waals surface area contributed by atoms with Crippen LogP contribution in [0.2, 0.25) is 0 Å². The van der Waals surface area contributed by atoms with Gasteiger partial charge in [0.1, 0.15) is 12.4 Å². The Morgan fingerprint density at radius 1 is 1.21 bits per heavy atom. The van der Waals surface area contributed by atoms with E-state index in [1.165, 1.54) is 0 Å². The highest BCUT2D eigenvalue weighted by molar-refractivity contribution is 5.75. The third-order valence-corrected chi connectivity index (χ3v) is 4.93. The third kappa shape index (κ3) is 5.38. The molecule has 1 saturated heterocycles. The number of rotatable bonds is 7. The largest absolute Gasteiger partial charge is 0.354 e. The number of anilines is 1. The predicted octanol–water partition coefficient (Wildman–Crippen LogP) is 0.610. The van der Waals surface area contributed by atoms with Crippen LogP contribution in [-0.2, 0) is 17.9 Å². The molecule has 0 spiro atoms. The van der Waals surface area contributed by atoms with E-state index in [9.17, 15) is 19.7 Å². The second-order valence-corrected chi connectivity index (χ2v) is 6.83. The number of piperazine rings is 1. The van der Waals surface area contributed by atoms with Gasteiger partial charge in [-0.05, 0) is 18.2 Å². The van der Waals surface area contributed by atoms with Crippen molar-refractivity contribution in [1.29, 1.82) is 0 Å². The highest BCUT2D eigenvalue weighted by Gasteiger charge is 2.16. The van der Waals surface area contributed by atoms with Gasteiger partial charge >= 0.3 is 0 Å². The SMILES string of the molecule is CCN1CCN(c2ccc(CNC(=O)Cn3cc([N+](=O)[O-])ccc3=O)cn2)CC1. The van der Waals surface area contributed by atoms with Crippen molar-refractivity contribution in [2.45, 2.75) is 20.0 Å². The Hall–Kier alpha value is -3.27. The molecule has 0 aromatic carbocycles. The van der Waals surface area contributed by atoms with E-state index in [-0.39, 0.29) is 18.8 Å². The van der Waals surface area contributed by atoms with Crippen molar-refractivity contribution in [2.75, 3.05) is 37.6 Å². The molecule has 29 heavy (non-hydrogen) atoms.